The smallest absolute Gasteiger partial charge is 0.261 e. The van der Waals surface area contributed by atoms with E-state index in [9.17, 15) is 8.42 Å². The zero-order valence-electron chi connectivity index (χ0n) is 14.7. The third-order valence-corrected chi connectivity index (χ3v) is 5.18. The van der Waals surface area contributed by atoms with Crippen molar-refractivity contribution in [2.45, 2.75) is 11.8 Å². The highest BCUT2D eigenvalue weighted by atomic mass is 32.2. The zero-order chi connectivity index (χ0) is 18.6. The molecule has 0 amide bonds. The molecule has 8 heteroatoms. The van der Waals surface area contributed by atoms with Crippen LogP contribution in [0.2, 0.25) is 0 Å². The van der Waals surface area contributed by atoms with Crippen LogP contribution in [0.3, 0.4) is 0 Å². The van der Waals surface area contributed by atoms with Crippen LogP contribution in [0.1, 0.15) is 5.56 Å². The molecule has 0 bridgehead atoms. The summed E-state index contributed by atoms with van der Waals surface area (Å²) in [6.45, 7) is 3.58. The van der Waals surface area contributed by atoms with E-state index in [4.69, 9.17) is 18.9 Å². The van der Waals surface area contributed by atoms with Crippen molar-refractivity contribution in [1.82, 2.24) is 0 Å². The Morgan fingerprint density at radius 3 is 2.54 bits per heavy atom. The van der Waals surface area contributed by atoms with Crippen LogP contribution in [0.15, 0.2) is 41.3 Å². The number of nitrogens with one attached hydrogen (secondary N) is 1. The maximum absolute atomic E-state index is 12.6. The predicted molar refractivity (Wildman–Crippen MR) is 96.8 cm³/mol. The second kappa shape index (κ2) is 7.84. The van der Waals surface area contributed by atoms with E-state index < -0.39 is 10.0 Å². The molecule has 0 fully saturated rings. The lowest BCUT2D eigenvalue weighted by atomic mass is 10.2. The Morgan fingerprint density at radius 1 is 1.04 bits per heavy atom. The molecule has 0 aliphatic carbocycles. The lowest BCUT2D eigenvalue weighted by Gasteiger charge is -2.19. The Kier molecular flexibility index (Phi) is 5.53. The van der Waals surface area contributed by atoms with Crippen LogP contribution >= 0.6 is 0 Å². The van der Waals surface area contributed by atoms with Crippen molar-refractivity contribution in [3.63, 3.8) is 0 Å². The average molecular weight is 379 g/mol. The van der Waals surface area contributed by atoms with Gasteiger partial charge in [-0.2, -0.15) is 0 Å². The molecule has 7 nitrogen and oxygen atoms in total. The number of hydrogen-bond acceptors (Lipinski definition) is 6. The molecule has 0 saturated heterocycles. The molecular weight excluding hydrogens is 358 g/mol. The zero-order valence-corrected chi connectivity index (χ0v) is 15.5. The number of anilines is 1. The Morgan fingerprint density at radius 2 is 1.81 bits per heavy atom. The first-order valence-corrected chi connectivity index (χ1v) is 9.63. The number of rotatable bonds is 7. The molecule has 1 heterocycles. The molecule has 3 rings (SSSR count). The molecule has 140 valence electrons. The minimum absolute atomic E-state index is 0.156. The van der Waals surface area contributed by atoms with Crippen LogP contribution < -0.4 is 18.9 Å². The topological polar surface area (TPSA) is 83.1 Å². The minimum Gasteiger partial charge on any atom is -0.491 e. The normalized spacial score (nSPS) is 13.3. The van der Waals surface area contributed by atoms with Crippen molar-refractivity contribution in [3.05, 3.63) is 42.0 Å². The van der Waals surface area contributed by atoms with E-state index in [-0.39, 0.29) is 4.90 Å². The van der Waals surface area contributed by atoms with Crippen molar-refractivity contribution in [2.75, 3.05) is 38.3 Å². The summed E-state index contributed by atoms with van der Waals surface area (Å²) in [7, 11) is -2.14. The fourth-order valence-corrected chi connectivity index (χ4v) is 3.64. The summed E-state index contributed by atoms with van der Waals surface area (Å²) in [5, 5.41) is 0. The number of aryl methyl sites for hydroxylation is 1. The van der Waals surface area contributed by atoms with E-state index in [1.807, 2.05) is 0 Å². The summed E-state index contributed by atoms with van der Waals surface area (Å²) in [5.41, 5.74) is 1.14. The van der Waals surface area contributed by atoms with Crippen molar-refractivity contribution in [1.29, 1.82) is 0 Å². The van der Waals surface area contributed by atoms with Crippen LogP contribution in [0.25, 0.3) is 0 Å². The number of sulfonamides is 1. The van der Waals surface area contributed by atoms with Crippen molar-refractivity contribution >= 4 is 15.7 Å². The van der Waals surface area contributed by atoms with Gasteiger partial charge in [-0.15, -0.1) is 0 Å². The van der Waals surface area contributed by atoms with Gasteiger partial charge in [0.05, 0.1) is 17.2 Å². The van der Waals surface area contributed by atoms with Gasteiger partial charge in [-0.3, -0.25) is 4.72 Å². The van der Waals surface area contributed by atoms with Crippen LogP contribution in [-0.2, 0) is 14.8 Å². The fraction of sp³-hybridized carbons (Fsp3) is 0.333. The average Bonchev–Trinajstić information content (AvgIpc) is 2.62. The first kappa shape index (κ1) is 18.3. The van der Waals surface area contributed by atoms with Gasteiger partial charge in [0.1, 0.15) is 25.6 Å². The molecule has 2 aromatic carbocycles. The summed E-state index contributed by atoms with van der Waals surface area (Å²) in [4.78, 5) is 0.156. The SMILES string of the molecule is COCCOc1ccc(S(=O)(=O)Nc2ccc3c(c2)OCCO3)cc1C. The summed E-state index contributed by atoms with van der Waals surface area (Å²) in [6.07, 6.45) is 0. The Bertz CT molecular complexity index is 881. The standard InChI is InChI=1S/C18H21NO6S/c1-13-11-15(4-6-16(13)23-8-7-22-2)26(20,21)19-14-3-5-17-18(12-14)25-10-9-24-17/h3-6,11-12,19H,7-10H2,1-2H3. The molecular formula is C18H21NO6S. The summed E-state index contributed by atoms with van der Waals surface area (Å²) >= 11 is 0. The van der Waals surface area contributed by atoms with Gasteiger partial charge in [0.25, 0.3) is 10.0 Å². The van der Waals surface area contributed by atoms with E-state index in [0.29, 0.717) is 49.4 Å². The maximum atomic E-state index is 12.6. The lowest BCUT2D eigenvalue weighted by Crippen LogP contribution is -2.17. The maximum Gasteiger partial charge on any atom is 0.261 e. The van der Waals surface area contributed by atoms with Gasteiger partial charge < -0.3 is 18.9 Å². The van der Waals surface area contributed by atoms with E-state index >= 15 is 0 Å². The lowest BCUT2D eigenvalue weighted by molar-refractivity contribution is 0.146. The molecule has 1 aliphatic rings. The van der Waals surface area contributed by atoms with E-state index in [1.165, 1.54) is 6.07 Å². The molecule has 0 spiro atoms. The predicted octanol–water partition coefficient (Wildman–Crippen LogP) is 2.59. The first-order chi connectivity index (χ1) is 12.5. The van der Waals surface area contributed by atoms with Crippen LogP contribution in [0.4, 0.5) is 5.69 Å². The quantitative estimate of drug-likeness (QED) is 0.745. The molecule has 0 atom stereocenters. The molecule has 0 aromatic heterocycles. The van der Waals surface area contributed by atoms with Crippen LogP contribution in [0, 0.1) is 6.92 Å². The number of benzene rings is 2. The second-order valence-corrected chi connectivity index (χ2v) is 7.41. The highest BCUT2D eigenvalue weighted by Gasteiger charge is 2.18. The monoisotopic (exact) mass is 379 g/mol. The van der Waals surface area contributed by atoms with Gasteiger partial charge in [-0.1, -0.05) is 0 Å². The molecule has 26 heavy (non-hydrogen) atoms. The van der Waals surface area contributed by atoms with E-state index in [2.05, 4.69) is 4.72 Å². The van der Waals surface area contributed by atoms with Crippen molar-refractivity contribution in [3.8, 4) is 17.2 Å². The molecule has 1 aliphatic heterocycles. The number of ether oxygens (including phenoxy) is 4. The fourth-order valence-electron chi connectivity index (χ4n) is 2.51. The number of methoxy groups -OCH3 is 1. The molecule has 0 unspecified atom stereocenters. The highest BCUT2D eigenvalue weighted by Crippen LogP contribution is 2.33. The third-order valence-electron chi connectivity index (χ3n) is 3.80. The van der Waals surface area contributed by atoms with Gasteiger partial charge in [0.2, 0.25) is 0 Å². The van der Waals surface area contributed by atoms with Crippen molar-refractivity contribution < 1.29 is 27.4 Å². The highest BCUT2D eigenvalue weighted by molar-refractivity contribution is 7.92. The molecule has 0 saturated carbocycles. The number of fused-ring (bicyclic) bond motifs is 1. The first-order valence-electron chi connectivity index (χ1n) is 8.14. The molecule has 2 aromatic rings. The summed E-state index contributed by atoms with van der Waals surface area (Å²) in [6, 6.07) is 9.66. The van der Waals surface area contributed by atoms with Gasteiger partial charge in [0, 0.05) is 13.2 Å². The Balaban J connectivity index is 1.76. The summed E-state index contributed by atoms with van der Waals surface area (Å²) < 4.78 is 49.3. The Labute approximate surface area is 152 Å². The van der Waals surface area contributed by atoms with Gasteiger partial charge >= 0.3 is 0 Å². The van der Waals surface area contributed by atoms with E-state index in [1.54, 1.807) is 44.4 Å². The largest absolute Gasteiger partial charge is 0.491 e. The van der Waals surface area contributed by atoms with E-state index in [0.717, 1.165) is 5.56 Å². The Hall–Kier alpha value is -2.45. The number of hydrogen-bond donors (Lipinski definition) is 1. The third kappa shape index (κ3) is 4.20. The van der Waals surface area contributed by atoms with Gasteiger partial charge in [-0.25, -0.2) is 8.42 Å². The molecule has 0 radical (unpaired) electrons. The summed E-state index contributed by atoms with van der Waals surface area (Å²) in [5.74, 6) is 1.75. The molecule has 1 N–H and O–H groups in total. The van der Waals surface area contributed by atoms with Gasteiger partial charge in [-0.05, 0) is 42.8 Å². The van der Waals surface area contributed by atoms with Crippen molar-refractivity contribution in [2.24, 2.45) is 0 Å². The second-order valence-electron chi connectivity index (χ2n) is 5.73. The minimum atomic E-state index is -3.73. The van der Waals surface area contributed by atoms with Crippen LogP contribution in [0.5, 0.6) is 17.2 Å². The van der Waals surface area contributed by atoms with Gasteiger partial charge in [0.15, 0.2) is 11.5 Å². The van der Waals surface area contributed by atoms with Crippen LogP contribution in [-0.4, -0.2) is 42.0 Å².